The van der Waals surface area contributed by atoms with E-state index < -0.39 is 0 Å². The van der Waals surface area contributed by atoms with Crippen molar-refractivity contribution in [2.24, 2.45) is 22.7 Å². The minimum atomic E-state index is -0.143. The molecule has 0 unspecified atom stereocenters. The number of carbonyl (C=O) groups is 1. The van der Waals surface area contributed by atoms with Gasteiger partial charge in [-0.1, -0.05) is 50.6 Å². The van der Waals surface area contributed by atoms with E-state index in [0.717, 1.165) is 11.8 Å². The standard InChI is InChI=1S/C19H24O2/c1-13(20)21-12-18-15-10-7-11-16(15)19(18,17(18,2)3)14-8-5-4-6-9-14/h4-6,8-9,15-16H,7,10-12H2,1-3H3/t15-,16+,18-,19+/m1/s1. The van der Waals surface area contributed by atoms with E-state index in [4.69, 9.17) is 4.74 Å². The Balaban J connectivity index is 1.79. The molecule has 0 spiro atoms. The van der Waals surface area contributed by atoms with Crippen LogP contribution in [0.5, 0.6) is 0 Å². The molecule has 1 aromatic carbocycles. The Morgan fingerprint density at radius 3 is 2.52 bits per heavy atom. The molecule has 2 nitrogen and oxygen atoms in total. The predicted octanol–water partition coefficient (Wildman–Crippen LogP) is 3.94. The summed E-state index contributed by atoms with van der Waals surface area (Å²) in [5, 5.41) is 0. The lowest BCUT2D eigenvalue weighted by molar-refractivity contribution is -0.147. The van der Waals surface area contributed by atoms with Gasteiger partial charge in [-0.15, -0.1) is 0 Å². The highest BCUT2D eigenvalue weighted by molar-refractivity contribution is 5.66. The number of hydrogen-bond donors (Lipinski definition) is 0. The van der Waals surface area contributed by atoms with Crippen LogP contribution >= 0.6 is 0 Å². The SMILES string of the molecule is CC(=O)OC[C@]12[C@@H]3CCC[C@@H]3[C@@]1(c1ccccc1)C2(C)C. The molecule has 112 valence electrons. The van der Waals surface area contributed by atoms with Gasteiger partial charge in [0, 0.05) is 17.8 Å². The maximum Gasteiger partial charge on any atom is 0.302 e. The summed E-state index contributed by atoms with van der Waals surface area (Å²) in [6, 6.07) is 11.0. The van der Waals surface area contributed by atoms with Crippen molar-refractivity contribution < 1.29 is 9.53 Å². The Morgan fingerprint density at radius 1 is 1.19 bits per heavy atom. The van der Waals surface area contributed by atoms with Crippen molar-refractivity contribution in [1.29, 1.82) is 0 Å². The summed E-state index contributed by atoms with van der Waals surface area (Å²) in [5.41, 5.74) is 2.10. The molecule has 3 aliphatic carbocycles. The fourth-order valence-corrected chi connectivity index (χ4v) is 6.71. The summed E-state index contributed by atoms with van der Waals surface area (Å²) in [6.07, 6.45) is 3.98. The Labute approximate surface area is 126 Å². The van der Waals surface area contributed by atoms with Crippen LogP contribution in [0.2, 0.25) is 0 Å². The number of esters is 1. The van der Waals surface area contributed by atoms with Crippen LogP contribution in [-0.4, -0.2) is 12.6 Å². The lowest BCUT2D eigenvalue weighted by Gasteiger charge is -2.48. The summed E-state index contributed by atoms with van der Waals surface area (Å²) in [4.78, 5) is 11.4. The van der Waals surface area contributed by atoms with Crippen molar-refractivity contribution in [2.45, 2.75) is 45.4 Å². The van der Waals surface area contributed by atoms with Crippen LogP contribution in [0, 0.1) is 22.7 Å². The molecule has 0 aliphatic heterocycles. The van der Waals surface area contributed by atoms with Crippen LogP contribution in [0.4, 0.5) is 0 Å². The van der Waals surface area contributed by atoms with Crippen molar-refractivity contribution in [2.75, 3.05) is 6.61 Å². The Bertz CT molecular complexity index is 591. The van der Waals surface area contributed by atoms with Crippen LogP contribution in [0.25, 0.3) is 0 Å². The van der Waals surface area contributed by atoms with E-state index in [2.05, 4.69) is 44.2 Å². The number of fused-ring (bicyclic) bond motifs is 4. The van der Waals surface area contributed by atoms with Gasteiger partial charge in [0.05, 0.1) is 6.61 Å². The van der Waals surface area contributed by atoms with E-state index >= 15 is 0 Å². The van der Waals surface area contributed by atoms with Gasteiger partial charge in [-0.25, -0.2) is 0 Å². The van der Waals surface area contributed by atoms with Gasteiger partial charge in [0.15, 0.2) is 0 Å². The Hall–Kier alpha value is -1.31. The van der Waals surface area contributed by atoms with Gasteiger partial charge in [-0.3, -0.25) is 4.79 Å². The average Bonchev–Trinajstić information content (AvgIpc) is 2.73. The summed E-state index contributed by atoms with van der Waals surface area (Å²) in [7, 11) is 0. The highest BCUT2D eigenvalue weighted by atomic mass is 16.5. The van der Waals surface area contributed by atoms with Crippen molar-refractivity contribution in [3.05, 3.63) is 35.9 Å². The van der Waals surface area contributed by atoms with E-state index in [-0.39, 0.29) is 22.2 Å². The van der Waals surface area contributed by atoms with Gasteiger partial charge in [0.2, 0.25) is 0 Å². The summed E-state index contributed by atoms with van der Waals surface area (Å²) < 4.78 is 5.54. The van der Waals surface area contributed by atoms with Gasteiger partial charge in [-0.05, 0) is 35.7 Å². The second-order valence-electron chi connectivity index (χ2n) is 7.69. The molecular weight excluding hydrogens is 260 g/mol. The zero-order valence-corrected chi connectivity index (χ0v) is 13.2. The number of rotatable bonds is 3. The average molecular weight is 284 g/mol. The summed E-state index contributed by atoms with van der Waals surface area (Å²) >= 11 is 0. The van der Waals surface area contributed by atoms with Gasteiger partial charge >= 0.3 is 5.97 Å². The minimum Gasteiger partial charge on any atom is -0.465 e. The highest BCUT2D eigenvalue weighted by Gasteiger charge is 2.95. The molecule has 3 fully saturated rings. The zero-order valence-electron chi connectivity index (χ0n) is 13.2. The molecule has 1 aromatic rings. The first kappa shape index (κ1) is 13.4. The zero-order chi connectivity index (χ0) is 14.9. The van der Waals surface area contributed by atoms with Crippen molar-refractivity contribution in [3.8, 4) is 0 Å². The monoisotopic (exact) mass is 284 g/mol. The maximum atomic E-state index is 11.4. The Kier molecular flexibility index (Phi) is 2.49. The Morgan fingerprint density at radius 2 is 1.86 bits per heavy atom. The largest absolute Gasteiger partial charge is 0.465 e. The van der Waals surface area contributed by atoms with Crippen molar-refractivity contribution >= 4 is 5.97 Å². The summed E-state index contributed by atoms with van der Waals surface area (Å²) in [6.45, 7) is 6.91. The smallest absolute Gasteiger partial charge is 0.302 e. The topological polar surface area (TPSA) is 26.3 Å². The third-order valence-electron chi connectivity index (χ3n) is 7.18. The number of benzene rings is 1. The molecule has 3 saturated carbocycles. The molecule has 4 atom stereocenters. The quantitative estimate of drug-likeness (QED) is 0.786. The lowest BCUT2D eigenvalue weighted by Crippen LogP contribution is -2.48. The number of ether oxygens (including phenoxy) is 1. The van der Waals surface area contributed by atoms with Crippen LogP contribution in [-0.2, 0) is 14.9 Å². The van der Waals surface area contributed by atoms with Gasteiger partial charge in [0.25, 0.3) is 0 Å². The van der Waals surface area contributed by atoms with Gasteiger partial charge in [-0.2, -0.15) is 0 Å². The molecule has 0 N–H and O–H groups in total. The fourth-order valence-electron chi connectivity index (χ4n) is 6.71. The number of hydrogen-bond acceptors (Lipinski definition) is 2. The molecule has 2 heteroatoms. The van der Waals surface area contributed by atoms with Crippen LogP contribution in [0.3, 0.4) is 0 Å². The second-order valence-corrected chi connectivity index (χ2v) is 7.69. The summed E-state index contributed by atoms with van der Waals surface area (Å²) in [5.74, 6) is 1.38. The van der Waals surface area contributed by atoms with Gasteiger partial charge < -0.3 is 4.74 Å². The van der Waals surface area contributed by atoms with E-state index in [9.17, 15) is 4.79 Å². The van der Waals surface area contributed by atoms with Crippen molar-refractivity contribution in [3.63, 3.8) is 0 Å². The van der Waals surface area contributed by atoms with E-state index in [0.29, 0.717) is 6.61 Å². The molecule has 0 bridgehead atoms. The molecule has 3 aliphatic rings. The number of carbonyl (C=O) groups excluding carboxylic acids is 1. The predicted molar refractivity (Wildman–Crippen MR) is 81.8 cm³/mol. The molecular formula is C19H24O2. The van der Waals surface area contributed by atoms with Crippen LogP contribution in [0.1, 0.15) is 45.6 Å². The third kappa shape index (κ3) is 1.21. The first-order chi connectivity index (χ1) is 10.00. The third-order valence-corrected chi connectivity index (χ3v) is 7.18. The molecule has 0 amide bonds. The van der Waals surface area contributed by atoms with E-state index in [1.165, 1.54) is 31.7 Å². The van der Waals surface area contributed by atoms with Gasteiger partial charge in [0.1, 0.15) is 0 Å². The first-order valence-corrected chi connectivity index (χ1v) is 8.19. The minimum absolute atomic E-state index is 0.143. The van der Waals surface area contributed by atoms with Crippen LogP contribution in [0.15, 0.2) is 30.3 Å². The first-order valence-electron chi connectivity index (χ1n) is 8.19. The normalized spacial score (nSPS) is 41.7. The second kappa shape index (κ2) is 3.91. The van der Waals surface area contributed by atoms with Crippen molar-refractivity contribution in [1.82, 2.24) is 0 Å². The molecule has 21 heavy (non-hydrogen) atoms. The molecule has 0 aromatic heterocycles. The lowest BCUT2D eigenvalue weighted by atomic mass is 9.56. The van der Waals surface area contributed by atoms with E-state index in [1.54, 1.807) is 0 Å². The fraction of sp³-hybridized carbons (Fsp3) is 0.632. The highest BCUT2D eigenvalue weighted by Crippen LogP contribution is 2.95. The molecule has 0 heterocycles. The molecule has 4 rings (SSSR count). The van der Waals surface area contributed by atoms with Crippen LogP contribution < -0.4 is 0 Å². The maximum absolute atomic E-state index is 11.4. The molecule has 0 saturated heterocycles. The molecule has 0 radical (unpaired) electrons. The van der Waals surface area contributed by atoms with E-state index in [1.807, 2.05) is 0 Å².